The monoisotopic (exact) mass is 258 g/mol. The Morgan fingerprint density at radius 2 is 2.11 bits per heavy atom. The molecule has 0 aromatic heterocycles. The molecule has 0 bridgehead atoms. The van der Waals surface area contributed by atoms with Crippen molar-refractivity contribution in [3.63, 3.8) is 0 Å². The summed E-state index contributed by atoms with van der Waals surface area (Å²) < 4.78 is 11.1. The maximum Gasteiger partial charge on any atom is 0.150 e. The third kappa shape index (κ3) is 2.20. The first-order valence-electron chi connectivity index (χ1n) is 6.20. The molecule has 98 valence electrons. The SMILES string of the molecule is O=Cc1ccc2cc(O)ccc2c1C1COCCO1. The van der Waals surface area contributed by atoms with Gasteiger partial charge in [0.05, 0.1) is 19.8 Å². The summed E-state index contributed by atoms with van der Waals surface area (Å²) in [5.74, 6) is 0.207. The molecule has 2 aromatic carbocycles. The number of hydrogen-bond acceptors (Lipinski definition) is 4. The molecule has 1 aliphatic heterocycles. The minimum absolute atomic E-state index is 0.207. The average Bonchev–Trinajstić information content (AvgIpc) is 2.46. The van der Waals surface area contributed by atoms with E-state index in [1.54, 1.807) is 18.2 Å². The molecule has 0 amide bonds. The fourth-order valence-electron chi connectivity index (χ4n) is 2.47. The van der Waals surface area contributed by atoms with Crippen molar-refractivity contribution in [2.24, 2.45) is 0 Å². The molecule has 0 radical (unpaired) electrons. The topological polar surface area (TPSA) is 55.8 Å². The van der Waals surface area contributed by atoms with Crippen molar-refractivity contribution in [2.45, 2.75) is 6.10 Å². The lowest BCUT2D eigenvalue weighted by Crippen LogP contribution is -2.23. The largest absolute Gasteiger partial charge is 0.508 e. The fourth-order valence-corrected chi connectivity index (χ4v) is 2.47. The first-order chi connectivity index (χ1) is 9.29. The second-order valence-corrected chi connectivity index (χ2v) is 4.53. The van der Waals surface area contributed by atoms with Crippen molar-refractivity contribution in [1.29, 1.82) is 0 Å². The fraction of sp³-hybridized carbons (Fsp3) is 0.267. The molecule has 1 heterocycles. The summed E-state index contributed by atoms with van der Waals surface area (Å²) in [5, 5.41) is 11.3. The zero-order valence-electron chi connectivity index (χ0n) is 10.3. The molecular formula is C15H14O4. The van der Waals surface area contributed by atoms with E-state index >= 15 is 0 Å². The van der Waals surface area contributed by atoms with Crippen LogP contribution >= 0.6 is 0 Å². The number of hydrogen-bond donors (Lipinski definition) is 1. The van der Waals surface area contributed by atoms with Crippen molar-refractivity contribution >= 4 is 17.1 Å². The van der Waals surface area contributed by atoms with Crippen molar-refractivity contribution in [2.75, 3.05) is 19.8 Å². The number of phenols is 1. The summed E-state index contributed by atoms with van der Waals surface area (Å²) in [5.41, 5.74) is 1.45. The van der Waals surface area contributed by atoms with Gasteiger partial charge in [-0.1, -0.05) is 18.2 Å². The molecule has 1 aliphatic rings. The van der Waals surface area contributed by atoms with Crippen LogP contribution in [-0.4, -0.2) is 31.2 Å². The molecule has 1 saturated heterocycles. The van der Waals surface area contributed by atoms with Gasteiger partial charge in [-0.05, 0) is 22.9 Å². The van der Waals surface area contributed by atoms with Gasteiger partial charge in [0.1, 0.15) is 18.1 Å². The summed E-state index contributed by atoms with van der Waals surface area (Å²) >= 11 is 0. The molecule has 0 spiro atoms. The Morgan fingerprint density at radius 1 is 1.21 bits per heavy atom. The van der Waals surface area contributed by atoms with E-state index in [9.17, 15) is 9.90 Å². The molecule has 2 aromatic rings. The minimum atomic E-state index is -0.234. The van der Waals surface area contributed by atoms with Crippen molar-refractivity contribution in [3.8, 4) is 5.75 Å². The quantitative estimate of drug-likeness (QED) is 0.841. The number of fused-ring (bicyclic) bond motifs is 1. The van der Waals surface area contributed by atoms with Gasteiger partial charge in [-0.3, -0.25) is 4.79 Å². The second-order valence-electron chi connectivity index (χ2n) is 4.53. The van der Waals surface area contributed by atoms with Crippen LogP contribution in [0.15, 0.2) is 30.3 Å². The predicted molar refractivity (Wildman–Crippen MR) is 70.5 cm³/mol. The van der Waals surface area contributed by atoms with Crippen molar-refractivity contribution in [3.05, 3.63) is 41.5 Å². The molecule has 0 aliphatic carbocycles. The summed E-state index contributed by atoms with van der Waals surface area (Å²) in [4.78, 5) is 11.2. The van der Waals surface area contributed by atoms with Gasteiger partial charge >= 0.3 is 0 Å². The number of aldehydes is 1. The van der Waals surface area contributed by atoms with Gasteiger partial charge in [0, 0.05) is 11.1 Å². The van der Waals surface area contributed by atoms with Crippen LogP contribution in [0.2, 0.25) is 0 Å². The zero-order chi connectivity index (χ0) is 13.2. The maximum absolute atomic E-state index is 11.2. The maximum atomic E-state index is 11.2. The first kappa shape index (κ1) is 12.1. The smallest absolute Gasteiger partial charge is 0.150 e. The Labute approximate surface area is 110 Å². The third-order valence-electron chi connectivity index (χ3n) is 3.34. The normalized spacial score (nSPS) is 19.5. The minimum Gasteiger partial charge on any atom is -0.508 e. The van der Waals surface area contributed by atoms with E-state index in [1.807, 2.05) is 12.1 Å². The van der Waals surface area contributed by atoms with E-state index in [0.29, 0.717) is 25.4 Å². The molecule has 0 saturated carbocycles. The van der Waals surface area contributed by atoms with Gasteiger partial charge < -0.3 is 14.6 Å². The standard InChI is InChI=1S/C15H14O4/c16-8-11-2-1-10-7-12(17)3-4-13(10)15(11)14-9-18-5-6-19-14/h1-4,7-8,14,17H,5-6,9H2. The number of rotatable bonds is 2. The van der Waals surface area contributed by atoms with E-state index in [-0.39, 0.29) is 11.9 Å². The van der Waals surface area contributed by atoms with Gasteiger partial charge in [-0.2, -0.15) is 0 Å². The Balaban J connectivity index is 2.20. The molecule has 1 N–H and O–H groups in total. The van der Waals surface area contributed by atoms with E-state index in [0.717, 1.165) is 22.6 Å². The van der Waals surface area contributed by atoms with Crippen LogP contribution in [-0.2, 0) is 9.47 Å². The van der Waals surface area contributed by atoms with Crippen LogP contribution in [0.25, 0.3) is 10.8 Å². The number of benzene rings is 2. The Kier molecular flexibility index (Phi) is 3.19. The van der Waals surface area contributed by atoms with E-state index in [4.69, 9.17) is 9.47 Å². The van der Waals surface area contributed by atoms with Gasteiger partial charge in [0.15, 0.2) is 0 Å². The average molecular weight is 258 g/mol. The lowest BCUT2D eigenvalue weighted by molar-refractivity contribution is -0.0896. The number of ether oxygens (including phenoxy) is 2. The van der Waals surface area contributed by atoms with E-state index in [1.165, 1.54) is 0 Å². The third-order valence-corrected chi connectivity index (χ3v) is 3.34. The molecule has 3 rings (SSSR count). The van der Waals surface area contributed by atoms with E-state index < -0.39 is 0 Å². The predicted octanol–water partition coefficient (Wildman–Crippen LogP) is 2.45. The van der Waals surface area contributed by atoms with Crippen LogP contribution in [0.1, 0.15) is 22.0 Å². The summed E-state index contributed by atoms with van der Waals surface area (Å²) in [6, 6.07) is 8.68. The molecule has 1 atom stereocenters. The molecule has 1 fully saturated rings. The zero-order valence-corrected chi connectivity index (χ0v) is 10.3. The highest BCUT2D eigenvalue weighted by atomic mass is 16.6. The van der Waals surface area contributed by atoms with Gasteiger partial charge in [-0.25, -0.2) is 0 Å². The van der Waals surface area contributed by atoms with Crippen LogP contribution in [0.4, 0.5) is 0 Å². The van der Waals surface area contributed by atoms with Gasteiger partial charge in [0.2, 0.25) is 0 Å². The highest BCUT2D eigenvalue weighted by Gasteiger charge is 2.22. The van der Waals surface area contributed by atoms with Crippen molar-refractivity contribution in [1.82, 2.24) is 0 Å². The highest BCUT2D eigenvalue weighted by Crippen LogP contribution is 2.32. The number of carbonyl (C=O) groups excluding carboxylic acids is 1. The molecule has 19 heavy (non-hydrogen) atoms. The number of aromatic hydroxyl groups is 1. The van der Waals surface area contributed by atoms with Crippen LogP contribution in [0, 0.1) is 0 Å². The molecule has 4 nitrogen and oxygen atoms in total. The summed E-state index contributed by atoms with van der Waals surface area (Å²) in [6.07, 6.45) is 0.599. The number of carbonyl (C=O) groups is 1. The second kappa shape index (κ2) is 4.99. The summed E-state index contributed by atoms with van der Waals surface area (Å²) in [6.45, 7) is 1.55. The Morgan fingerprint density at radius 3 is 2.84 bits per heavy atom. The molecule has 4 heteroatoms. The first-order valence-corrected chi connectivity index (χ1v) is 6.20. The Hall–Kier alpha value is -1.91. The van der Waals surface area contributed by atoms with Gasteiger partial charge in [0.25, 0.3) is 0 Å². The number of phenolic OH excluding ortho intramolecular Hbond substituents is 1. The van der Waals surface area contributed by atoms with Crippen LogP contribution in [0.3, 0.4) is 0 Å². The summed E-state index contributed by atoms with van der Waals surface area (Å²) in [7, 11) is 0. The van der Waals surface area contributed by atoms with Crippen LogP contribution < -0.4 is 0 Å². The lowest BCUT2D eigenvalue weighted by Gasteiger charge is -2.25. The molecular weight excluding hydrogens is 244 g/mol. The Bertz CT molecular complexity index is 615. The lowest BCUT2D eigenvalue weighted by atomic mass is 9.95. The van der Waals surface area contributed by atoms with Crippen LogP contribution in [0.5, 0.6) is 5.75 Å². The highest BCUT2D eigenvalue weighted by molar-refractivity contribution is 5.94. The van der Waals surface area contributed by atoms with Crippen molar-refractivity contribution < 1.29 is 19.4 Å². The van der Waals surface area contributed by atoms with E-state index in [2.05, 4.69) is 0 Å². The molecule has 1 unspecified atom stereocenters. The van der Waals surface area contributed by atoms with Gasteiger partial charge in [-0.15, -0.1) is 0 Å².